The third-order valence-corrected chi connectivity index (χ3v) is 3.51. The fraction of sp³-hybridized carbons (Fsp3) is 0.533. The molecule has 0 spiro atoms. The topological polar surface area (TPSA) is 23.6 Å². The van der Waals surface area contributed by atoms with Gasteiger partial charge in [-0.3, -0.25) is 4.79 Å². The van der Waals surface area contributed by atoms with Gasteiger partial charge in [-0.1, -0.05) is 18.7 Å². The van der Waals surface area contributed by atoms with Gasteiger partial charge in [0.05, 0.1) is 0 Å². The third kappa shape index (κ3) is 3.03. The number of carbonyl (C=O) groups is 1. The van der Waals surface area contributed by atoms with Crippen LogP contribution in [0.3, 0.4) is 0 Å². The lowest BCUT2D eigenvalue weighted by Gasteiger charge is -2.36. The monoisotopic (exact) mass is 246 g/mol. The van der Waals surface area contributed by atoms with Gasteiger partial charge in [0, 0.05) is 37.8 Å². The van der Waals surface area contributed by atoms with Crippen LogP contribution in [0.25, 0.3) is 0 Å². The van der Waals surface area contributed by atoms with Crippen LogP contribution in [0.1, 0.15) is 19.8 Å². The minimum Gasteiger partial charge on any atom is -0.368 e. The number of rotatable bonds is 4. The molecule has 0 atom stereocenters. The van der Waals surface area contributed by atoms with Gasteiger partial charge in [0.2, 0.25) is 5.91 Å². The summed E-state index contributed by atoms with van der Waals surface area (Å²) in [6, 6.07) is 0. The smallest absolute Gasteiger partial charge is 0.225 e. The third-order valence-electron chi connectivity index (χ3n) is 3.51. The first-order chi connectivity index (χ1) is 8.76. The van der Waals surface area contributed by atoms with Crippen LogP contribution in [0.2, 0.25) is 0 Å². The average molecular weight is 246 g/mol. The molecule has 0 aromatic carbocycles. The number of piperazine rings is 1. The SMILES string of the molecule is C=C/C=C(\C=C/C)N1CCN(C(=O)C2CC2)CC1. The number of hydrogen-bond donors (Lipinski definition) is 0. The maximum absolute atomic E-state index is 12.0. The molecule has 1 heterocycles. The molecule has 2 fully saturated rings. The molecule has 2 rings (SSSR count). The van der Waals surface area contributed by atoms with Crippen LogP contribution in [0.15, 0.2) is 36.6 Å². The molecule has 3 heteroatoms. The normalized spacial score (nSPS) is 21.5. The van der Waals surface area contributed by atoms with Crippen LogP contribution in [0.5, 0.6) is 0 Å². The zero-order valence-corrected chi connectivity index (χ0v) is 11.1. The summed E-state index contributed by atoms with van der Waals surface area (Å²) in [4.78, 5) is 16.3. The molecule has 0 N–H and O–H groups in total. The molecular weight excluding hydrogens is 224 g/mol. The van der Waals surface area contributed by atoms with Crippen LogP contribution < -0.4 is 0 Å². The van der Waals surface area contributed by atoms with Gasteiger partial charge in [-0.15, -0.1) is 0 Å². The van der Waals surface area contributed by atoms with Crippen LogP contribution >= 0.6 is 0 Å². The Morgan fingerprint density at radius 3 is 2.28 bits per heavy atom. The Balaban J connectivity index is 1.90. The molecular formula is C15H22N2O. The standard InChI is InChI=1S/C15H22N2O/c1-3-5-14(6-4-2)16-9-11-17(12-10-16)15(18)13-7-8-13/h3-6,13H,1,7-12H2,2H3/b6-4-,14-5+. The van der Waals surface area contributed by atoms with Crippen LogP contribution in [-0.2, 0) is 4.79 Å². The highest BCUT2D eigenvalue weighted by Crippen LogP contribution is 2.31. The minimum atomic E-state index is 0.343. The second-order valence-corrected chi connectivity index (χ2v) is 4.91. The van der Waals surface area contributed by atoms with Gasteiger partial charge in [-0.2, -0.15) is 0 Å². The number of amides is 1. The van der Waals surface area contributed by atoms with Crippen molar-refractivity contribution in [1.29, 1.82) is 0 Å². The number of allylic oxidation sites excluding steroid dienone is 4. The molecule has 0 bridgehead atoms. The summed E-state index contributed by atoms with van der Waals surface area (Å²) < 4.78 is 0. The molecule has 18 heavy (non-hydrogen) atoms. The molecule has 1 aliphatic carbocycles. The fourth-order valence-electron chi connectivity index (χ4n) is 2.33. The average Bonchev–Trinajstić information content (AvgIpc) is 3.22. The second-order valence-electron chi connectivity index (χ2n) is 4.91. The van der Waals surface area contributed by atoms with Gasteiger partial charge >= 0.3 is 0 Å². The van der Waals surface area contributed by atoms with E-state index < -0.39 is 0 Å². The van der Waals surface area contributed by atoms with E-state index >= 15 is 0 Å². The Hall–Kier alpha value is -1.51. The highest BCUT2D eigenvalue weighted by atomic mass is 16.2. The summed E-state index contributed by atoms with van der Waals surface area (Å²) in [6.07, 6.45) is 10.2. The Labute approximate surface area is 109 Å². The highest BCUT2D eigenvalue weighted by Gasteiger charge is 2.34. The molecule has 3 nitrogen and oxygen atoms in total. The summed E-state index contributed by atoms with van der Waals surface area (Å²) in [7, 11) is 0. The molecule has 1 aliphatic heterocycles. The molecule has 0 aromatic rings. The van der Waals surface area contributed by atoms with Gasteiger partial charge in [0.15, 0.2) is 0 Å². The van der Waals surface area contributed by atoms with Crippen molar-refractivity contribution in [3.8, 4) is 0 Å². The maximum Gasteiger partial charge on any atom is 0.225 e. The minimum absolute atomic E-state index is 0.343. The second kappa shape index (κ2) is 5.89. The molecule has 0 aromatic heterocycles. The van der Waals surface area contributed by atoms with Gasteiger partial charge in [-0.25, -0.2) is 0 Å². The summed E-state index contributed by atoms with van der Waals surface area (Å²) in [5, 5.41) is 0. The lowest BCUT2D eigenvalue weighted by molar-refractivity contribution is -0.134. The first-order valence-corrected chi connectivity index (χ1v) is 6.75. The summed E-state index contributed by atoms with van der Waals surface area (Å²) in [5.41, 5.74) is 1.19. The van der Waals surface area contributed by atoms with Crippen molar-refractivity contribution in [2.75, 3.05) is 26.2 Å². The first-order valence-electron chi connectivity index (χ1n) is 6.75. The van der Waals surface area contributed by atoms with Gasteiger partial charge < -0.3 is 9.80 Å². The maximum atomic E-state index is 12.0. The number of nitrogens with zero attached hydrogens (tertiary/aromatic N) is 2. The largest absolute Gasteiger partial charge is 0.368 e. The van der Waals surface area contributed by atoms with Crippen molar-refractivity contribution in [1.82, 2.24) is 9.80 Å². The van der Waals surface area contributed by atoms with E-state index in [1.165, 1.54) is 5.70 Å². The molecule has 1 amide bonds. The van der Waals surface area contributed by atoms with E-state index in [0.29, 0.717) is 11.8 Å². The predicted octanol–water partition coefficient (Wildman–Crippen LogP) is 2.19. The number of carbonyl (C=O) groups excluding carboxylic acids is 1. The predicted molar refractivity (Wildman–Crippen MR) is 74.0 cm³/mol. The van der Waals surface area contributed by atoms with E-state index in [2.05, 4.69) is 17.6 Å². The molecule has 1 saturated heterocycles. The van der Waals surface area contributed by atoms with Crippen molar-refractivity contribution in [3.05, 3.63) is 36.6 Å². The van der Waals surface area contributed by atoms with E-state index in [1.54, 1.807) is 0 Å². The Kier molecular flexibility index (Phi) is 4.24. The van der Waals surface area contributed by atoms with Crippen molar-refractivity contribution in [2.24, 2.45) is 5.92 Å². The summed E-state index contributed by atoms with van der Waals surface area (Å²) in [6.45, 7) is 9.30. The molecule has 2 aliphatic rings. The Bertz CT molecular complexity index is 372. The Morgan fingerprint density at radius 1 is 1.17 bits per heavy atom. The zero-order valence-electron chi connectivity index (χ0n) is 11.1. The molecule has 0 radical (unpaired) electrons. The molecule has 98 valence electrons. The van der Waals surface area contributed by atoms with Gasteiger partial charge in [0.25, 0.3) is 0 Å². The zero-order chi connectivity index (χ0) is 13.0. The van der Waals surface area contributed by atoms with Gasteiger partial charge in [-0.05, 0) is 31.9 Å². The van der Waals surface area contributed by atoms with E-state index in [-0.39, 0.29) is 0 Å². The summed E-state index contributed by atoms with van der Waals surface area (Å²) >= 11 is 0. The van der Waals surface area contributed by atoms with E-state index in [0.717, 1.165) is 39.0 Å². The van der Waals surface area contributed by atoms with Crippen LogP contribution in [0.4, 0.5) is 0 Å². The van der Waals surface area contributed by atoms with E-state index in [1.807, 2.05) is 30.1 Å². The van der Waals surface area contributed by atoms with Crippen LogP contribution in [-0.4, -0.2) is 41.9 Å². The van der Waals surface area contributed by atoms with Crippen LogP contribution in [0, 0.1) is 5.92 Å². The molecule has 1 saturated carbocycles. The van der Waals surface area contributed by atoms with Crippen molar-refractivity contribution in [3.63, 3.8) is 0 Å². The highest BCUT2D eigenvalue weighted by molar-refractivity contribution is 5.81. The molecule has 0 unspecified atom stereocenters. The van der Waals surface area contributed by atoms with Gasteiger partial charge in [0.1, 0.15) is 0 Å². The quantitative estimate of drug-likeness (QED) is 0.710. The fourth-order valence-corrected chi connectivity index (χ4v) is 2.33. The van der Waals surface area contributed by atoms with E-state index in [4.69, 9.17) is 0 Å². The number of hydrogen-bond acceptors (Lipinski definition) is 2. The van der Waals surface area contributed by atoms with Crippen molar-refractivity contribution in [2.45, 2.75) is 19.8 Å². The van der Waals surface area contributed by atoms with E-state index in [9.17, 15) is 4.79 Å². The van der Waals surface area contributed by atoms with Crippen molar-refractivity contribution < 1.29 is 4.79 Å². The van der Waals surface area contributed by atoms with Crippen molar-refractivity contribution >= 4 is 5.91 Å². The lowest BCUT2D eigenvalue weighted by atomic mass is 10.2. The summed E-state index contributed by atoms with van der Waals surface area (Å²) in [5.74, 6) is 0.713. The lowest BCUT2D eigenvalue weighted by Crippen LogP contribution is -2.48. The Morgan fingerprint density at radius 2 is 1.78 bits per heavy atom. The first kappa shape index (κ1) is 12.9.